The van der Waals surface area contributed by atoms with Gasteiger partial charge in [-0.15, -0.1) is 0 Å². The molecule has 7 heteroatoms. The first-order valence-corrected chi connectivity index (χ1v) is 8.12. The number of hydrogen-bond acceptors (Lipinski definition) is 3. The maximum atomic E-state index is 12.7. The van der Waals surface area contributed by atoms with E-state index in [0.717, 1.165) is 18.4 Å². The highest BCUT2D eigenvalue weighted by molar-refractivity contribution is 7.90. The average Bonchev–Trinajstić information content (AvgIpc) is 2.36. The van der Waals surface area contributed by atoms with E-state index in [-0.39, 0.29) is 16.4 Å². The van der Waals surface area contributed by atoms with Crippen molar-refractivity contribution in [3.63, 3.8) is 0 Å². The molecule has 0 aliphatic heterocycles. The second-order valence-corrected chi connectivity index (χ2v) is 6.89. The summed E-state index contributed by atoms with van der Waals surface area (Å²) in [5.41, 5.74) is -0.382. The number of benzene rings is 2. The number of alkyl halides is 3. The van der Waals surface area contributed by atoms with Crippen molar-refractivity contribution in [2.24, 2.45) is 0 Å². The third kappa shape index (κ3) is 4.00. The summed E-state index contributed by atoms with van der Waals surface area (Å²) in [7, 11) is -3.33. The molecule has 0 aromatic heterocycles. The van der Waals surface area contributed by atoms with Crippen LogP contribution in [0.1, 0.15) is 11.1 Å². The van der Waals surface area contributed by atoms with Crippen LogP contribution in [0, 0.1) is 6.92 Å². The van der Waals surface area contributed by atoms with Gasteiger partial charge in [-0.3, -0.25) is 0 Å². The molecule has 0 bridgehead atoms. The third-order valence-corrected chi connectivity index (χ3v) is 3.99. The molecule has 2 rings (SSSR count). The van der Waals surface area contributed by atoms with Crippen LogP contribution in [0.3, 0.4) is 0 Å². The van der Waals surface area contributed by atoms with E-state index >= 15 is 0 Å². The number of aryl methyl sites for hydroxylation is 1. The SMILES string of the molecule is Cc1cc(Oc2ccc(S(C)(=O)=O)cc2)cc(C(F)(F)F)c1. The number of halogens is 3. The van der Waals surface area contributed by atoms with Crippen LogP contribution in [0.15, 0.2) is 47.4 Å². The second kappa shape index (κ2) is 5.64. The van der Waals surface area contributed by atoms with Crippen molar-refractivity contribution in [2.75, 3.05) is 6.26 Å². The van der Waals surface area contributed by atoms with E-state index in [1.54, 1.807) is 0 Å². The predicted molar refractivity (Wildman–Crippen MR) is 75.8 cm³/mol. The summed E-state index contributed by atoms with van der Waals surface area (Å²) in [6, 6.07) is 8.87. The average molecular weight is 330 g/mol. The number of hydrogen-bond donors (Lipinski definition) is 0. The summed E-state index contributed by atoms with van der Waals surface area (Å²) in [6.45, 7) is 1.54. The normalized spacial score (nSPS) is 12.2. The fourth-order valence-corrected chi connectivity index (χ4v) is 2.49. The maximum Gasteiger partial charge on any atom is 0.416 e. The van der Waals surface area contributed by atoms with Crippen LogP contribution in [0.25, 0.3) is 0 Å². The zero-order valence-electron chi connectivity index (χ0n) is 11.8. The van der Waals surface area contributed by atoms with Gasteiger partial charge in [0.05, 0.1) is 10.5 Å². The molecule has 2 aromatic rings. The first-order valence-electron chi connectivity index (χ1n) is 6.22. The molecule has 0 aliphatic rings. The zero-order chi connectivity index (χ0) is 16.5. The van der Waals surface area contributed by atoms with Gasteiger partial charge in [-0.2, -0.15) is 13.2 Å². The molecule has 22 heavy (non-hydrogen) atoms. The van der Waals surface area contributed by atoms with Crippen LogP contribution in [0.4, 0.5) is 13.2 Å². The van der Waals surface area contributed by atoms with E-state index in [4.69, 9.17) is 4.74 Å². The first-order chi connectivity index (χ1) is 10.1. The summed E-state index contributed by atoms with van der Waals surface area (Å²) < 4.78 is 66.3. The molecule has 118 valence electrons. The fourth-order valence-electron chi connectivity index (χ4n) is 1.86. The minimum atomic E-state index is -4.45. The lowest BCUT2D eigenvalue weighted by Gasteiger charge is -2.12. The minimum absolute atomic E-state index is 0.0411. The van der Waals surface area contributed by atoms with E-state index < -0.39 is 21.6 Å². The molecule has 0 radical (unpaired) electrons. The molecule has 0 fully saturated rings. The van der Waals surface area contributed by atoms with Gasteiger partial charge in [0, 0.05) is 6.26 Å². The van der Waals surface area contributed by atoms with E-state index in [0.29, 0.717) is 5.56 Å². The minimum Gasteiger partial charge on any atom is -0.457 e. The van der Waals surface area contributed by atoms with Crippen molar-refractivity contribution in [1.82, 2.24) is 0 Å². The Morgan fingerprint density at radius 1 is 0.955 bits per heavy atom. The van der Waals surface area contributed by atoms with Crippen molar-refractivity contribution in [2.45, 2.75) is 18.0 Å². The molecular formula is C15H13F3O3S. The third-order valence-electron chi connectivity index (χ3n) is 2.87. The van der Waals surface area contributed by atoms with E-state index in [2.05, 4.69) is 0 Å². The lowest BCUT2D eigenvalue weighted by molar-refractivity contribution is -0.137. The van der Waals surface area contributed by atoms with Crippen molar-refractivity contribution in [1.29, 1.82) is 0 Å². The van der Waals surface area contributed by atoms with Gasteiger partial charge in [-0.1, -0.05) is 0 Å². The molecule has 0 heterocycles. The largest absolute Gasteiger partial charge is 0.457 e. The van der Waals surface area contributed by atoms with Gasteiger partial charge in [-0.05, 0) is 55.0 Å². The Balaban J connectivity index is 2.29. The Morgan fingerprint density at radius 2 is 1.55 bits per heavy atom. The van der Waals surface area contributed by atoms with Crippen LogP contribution >= 0.6 is 0 Å². The van der Waals surface area contributed by atoms with Crippen molar-refractivity contribution >= 4 is 9.84 Å². The molecule has 0 spiro atoms. The monoisotopic (exact) mass is 330 g/mol. The molecule has 0 saturated heterocycles. The molecule has 2 aromatic carbocycles. The second-order valence-electron chi connectivity index (χ2n) is 4.88. The van der Waals surface area contributed by atoms with Crippen molar-refractivity contribution in [3.05, 3.63) is 53.6 Å². The summed E-state index contributed by atoms with van der Waals surface area (Å²) in [4.78, 5) is 0.111. The van der Waals surface area contributed by atoms with Gasteiger partial charge < -0.3 is 4.74 Å². The first kappa shape index (κ1) is 16.4. The number of sulfone groups is 1. The van der Waals surface area contributed by atoms with Crippen LogP contribution in [0.5, 0.6) is 11.5 Å². The van der Waals surface area contributed by atoms with E-state index in [1.807, 2.05) is 0 Å². The number of rotatable bonds is 3. The number of ether oxygens (including phenoxy) is 1. The Kier molecular flexibility index (Phi) is 4.19. The van der Waals surface area contributed by atoms with Crippen molar-refractivity contribution < 1.29 is 26.3 Å². The summed E-state index contributed by atoms with van der Waals surface area (Å²) in [6.07, 6.45) is -3.39. The van der Waals surface area contributed by atoms with Crippen LogP contribution in [0.2, 0.25) is 0 Å². The van der Waals surface area contributed by atoms with Gasteiger partial charge in [0.2, 0.25) is 0 Å². The topological polar surface area (TPSA) is 43.4 Å². The van der Waals surface area contributed by atoms with E-state index in [9.17, 15) is 21.6 Å². The summed E-state index contributed by atoms with van der Waals surface area (Å²) in [5, 5.41) is 0. The quantitative estimate of drug-likeness (QED) is 0.847. The van der Waals surface area contributed by atoms with Crippen molar-refractivity contribution in [3.8, 4) is 11.5 Å². The lowest BCUT2D eigenvalue weighted by Crippen LogP contribution is -2.05. The standard InChI is InChI=1S/C15H13F3O3S/c1-10-7-11(15(16,17)18)9-13(8-10)21-12-3-5-14(6-4-12)22(2,19)20/h3-9H,1-2H3. The Hall–Kier alpha value is -2.02. The molecular weight excluding hydrogens is 317 g/mol. The summed E-state index contributed by atoms with van der Waals surface area (Å²) in [5.74, 6) is 0.297. The highest BCUT2D eigenvalue weighted by Crippen LogP contribution is 2.34. The van der Waals surface area contributed by atoms with Crippen LogP contribution in [-0.2, 0) is 16.0 Å². The molecule has 3 nitrogen and oxygen atoms in total. The van der Waals surface area contributed by atoms with Gasteiger partial charge in [0.1, 0.15) is 11.5 Å². The van der Waals surface area contributed by atoms with Gasteiger partial charge in [0.25, 0.3) is 0 Å². The molecule has 0 saturated carbocycles. The Bertz CT molecular complexity index is 779. The molecule has 0 N–H and O–H groups in total. The maximum absolute atomic E-state index is 12.7. The lowest BCUT2D eigenvalue weighted by atomic mass is 10.1. The van der Waals surface area contributed by atoms with Crippen LogP contribution in [-0.4, -0.2) is 14.7 Å². The molecule has 0 atom stereocenters. The van der Waals surface area contributed by atoms with Crippen LogP contribution < -0.4 is 4.74 Å². The predicted octanol–water partition coefficient (Wildman–Crippen LogP) is 4.21. The Morgan fingerprint density at radius 3 is 2.05 bits per heavy atom. The smallest absolute Gasteiger partial charge is 0.416 e. The molecule has 0 aliphatic carbocycles. The van der Waals surface area contributed by atoms with E-state index in [1.165, 1.54) is 37.3 Å². The molecule has 0 unspecified atom stereocenters. The van der Waals surface area contributed by atoms with Gasteiger partial charge >= 0.3 is 6.18 Å². The Labute approximate surface area is 126 Å². The van der Waals surface area contributed by atoms with Gasteiger partial charge in [-0.25, -0.2) is 8.42 Å². The zero-order valence-corrected chi connectivity index (χ0v) is 12.6. The highest BCUT2D eigenvalue weighted by atomic mass is 32.2. The fraction of sp³-hybridized carbons (Fsp3) is 0.200. The highest BCUT2D eigenvalue weighted by Gasteiger charge is 2.31. The molecule has 0 amide bonds. The summed E-state index contributed by atoms with van der Waals surface area (Å²) >= 11 is 0. The van der Waals surface area contributed by atoms with Gasteiger partial charge in [0.15, 0.2) is 9.84 Å².